The lowest BCUT2D eigenvalue weighted by Gasteiger charge is -2.36. The lowest BCUT2D eigenvalue weighted by Crippen LogP contribution is -2.41. The molecule has 0 amide bonds. The van der Waals surface area contributed by atoms with Gasteiger partial charge in [0, 0.05) is 41.9 Å². The molecule has 162 valence electrons. The lowest BCUT2D eigenvalue weighted by atomic mass is 9.91. The van der Waals surface area contributed by atoms with Gasteiger partial charge in [-0.15, -0.1) is 11.3 Å². The first-order chi connectivity index (χ1) is 13.8. The maximum atomic E-state index is 12.2. The minimum absolute atomic E-state index is 0.265. The van der Waals surface area contributed by atoms with E-state index in [2.05, 4.69) is 18.4 Å². The van der Waals surface area contributed by atoms with Crippen LogP contribution in [0.15, 0.2) is 12.2 Å². The van der Waals surface area contributed by atoms with Crippen molar-refractivity contribution >= 4 is 17.3 Å². The third-order valence-corrected chi connectivity index (χ3v) is 7.44. The molecule has 3 rings (SSSR count). The summed E-state index contributed by atoms with van der Waals surface area (Å²) in [6.07, 6.45) is 10.2. The van der Waals surface area contributed by atoms with E-state index in [1.54, 1.807) is 0 Å². The zero-order valence-corrected chi connectivity index (χ0v) is 19.6. The van der Waals surface area contributed by atoms with Crippen LogP contribution in [0.5, 0.6) is 0 Å². The minimum Gasteiger partial charge on any atom is -0.457 e. The summed E-state index contributed by atoms with van der Waals surface area (Å²) >= 11 is 1.92. The first kappa shape index (κ1) is 22.5. The average Bonchev–Trinajstić information content (AvgIpc) is 2.91. The largest absolute Gasteiger partial charge is 0.457 e. The van der Waals surface area contributed by atoms with Gasteiger partial charge in [0.25, 0.3) is 0 Å². The van der Waals surface area contributed by atoms with E-state index in [1.807, 2.05) is 32.1 Å². The number of carbonyl (C=O) groups excluding carboxylic acids is 1. The highest BCUT2D eigenvalue weighted by Crippen LogP contribution is 2.35. The van der Waals surface area contributed by atoms with Crippen LogP contribution >= 0.6 is 11.3 Å². The predicted octanol–water partition coefficient (Wildman–Crippen LogP) is 5.66. The summed E-state index contributed by atoms with van der Waals surface area (Å²) in [5, 5.41) is 1.27. The molecule has 0 radical (unpaired) electrons. The van der Waals surface area contributed by atoms with Crippen molar-refractivity contribution in [2.24, 2.45) is 0 Å². The number of rotatable bonds is 8. The molecule has 0 bridgehead atoms. The Labute approximate surface area is 180 Å². The van der Waals surface area contributed by atoms with E-state index in [-0.39, 0.29) is 5.97 Å². The van der Waals surface area contributed by atoms with Crippen LogP contribution in [0.2, 0.25) is 0 Å². The second-order valence-corrected chi connectivity index (χ2v) is 10.8. The first-order valence-corrected chi connectivity index (χ1v) is 12.2. The van der Waals surface area contributed by atoms with Crippen LogP contribution in [-0.2, 0) is 22.4 Å². The topological polar surface area (TPSA) is 42.4 Å². The Kier molecular flexibility index (Phi) is 7.55. The van der Waals surface area contributed by atoms with E-state index in [0.29, 0.717) is 17.9 Å². The van der Waals surface area contributed by atoms with Gasteiger partial charge in [-0.05, 0) is 59.3 Å². The number of aromatic nitrogens is 1. The Balaban J connectivity index is 1.59. The maximum Gasteiger partial charge on any atom is 0.333 e. The number of esters is 1. The monoisotopic (exact) mass is 418 g/mol. The van der Waals surface area contributed by atoms with Gasteiger partial charge in [0.1, 0.15) is 5.60 Å². The molecule has 0 aromatic carbocycles. The van der Waals surface area contributed by atoms with Gasteiger partial charge in [-0.1, -0.05) is 26.3 Å². The number of fused-ring (bicyclic) bond motifs is 1. The van der Waals surface area contributed by atoms with Gasteiger partial charge >= 0.3 is 5.97 Å². The molecular formula is C24H38N2O2S. The standard InChI is InChI=1S/C24H38N2O2S/c1-6-8-18(12-11-17(2)23(27)28-24(3,4)5)22-25-20-13-15-26(19-9-7-10-19)16-14-21(20)29-22/h18-19H,2,6-16H2,1,3-5H3. The summed E-state index contributed by atoms with van der Waals surface area (Å²) < 4.78 is 5.46. The molecule has 1 fully saturated rings. The normalized spacial score (nSPS) is 19.2. The van der Waals surface area contributed by atoms with Crippen molar-refractivity contribution < 1.29 is 9.53 Å². The fourth-order valence-corrected chi connectivity index (χ4v) is 5.50. The van der Waals surface area contributed by atoms with Crippen molar-refractivity contribution in [2.75, 3.05) is 13.1 Å². The summed E-state index contributed by atoms with van der Waals surface area (Å²) in [4.78, 5) is 21.5. The fraction of sp³-hybridized carbons (Fsp3) is 0.750. The maximum absolute atomic E-state index is 12.2. The van der Waals surface area contributed by atoms with Gasteiger partial charge in [0.05, 0.1) is 10.7 Å². The molecule has 29 heavy (non-hydrogen) atoms. The van der Waals surface area contributed by atoms with Gasteiger partial charge < -0.3 is 4.74 Å². The molecule has 5 heteroatoms. The van der Waals surface area contributed by atoms with Crippen molar-refractivity contribution in [3.8, 4) is 0 Å². The number of ether oxygens (including phenoxy) is 1. The molecule has 2 aliphatic rings. The second-order valence-electron chi connectivity index (χ2n) is 9.67. The van der Waals surface area contributed by atoms with Crippen LogP contribution in [0.1, 0.15) is 94.1 Å². The van der Waals surface area contributed by atoms with Crippen molar-refractivity contribution in [1.82, 2.24) is 9.88 Å². The summed E-state index contributed by atoms with van der Waals surface area (Å²) in [6, 6.07) is 0.829. The van der Waals surface area contributed by atoms with E-state index in [0.717, 1.165) is 44.7 Å². The molecule has 4 nitrogen and oxygen atoms in total. The molecule has 0 N–H and O–H groups in total. The quantitative estimate of drug-likeness (QED) is 0.404. The average molecular weight is 419 g/mol. The Bertz CT molecular complexity index is 689. The van der Waals surface area contributed by atoms with E-state index >= 15 is 0 Å². The van der Waals surface area contributed by atoms with Crippen LogP contribution in [0, 0.1) is 0 Å². The van der Waals surface area contributed by atoms with Gasteiger partial charge in [-0.25, -0.2) is 9.78 Å². The molecule has 1 atom stereocenters. The van der Waals surface area contributed by atoms with Crippen LogP contribution in [0.25, 0.3) is 0 Å². The number of hydrogen-bond acceptors (Lipinski definition) is 5. The van der Waals surface area contributed by atoms with Gasteiger partial charge in [-0.2, -0.15) is 0 Å². The minimum atomic E-state index is -0.469. The highest BCUT2D eigenvalue weighted by molar-refractivity contribution is 7.11. The van der Waals surface area contributed by atoms with Gasteiger partial charge in [0.15, 0.2) is 0 Å². The number of nitrogens with zero attached hydrogens (tertiary/aromatic N) is 2. The molecule has 0 saturated heterocycles. The molecule has 1 saturated carbocycles. The predicted molar refractivity (Wildman–Crippen MR) is 121 cm³/mol. The van der Waals surface area contributed by atoms with Crippen molar-refractivity contribution in [1.29, 1.82) is 0 Å². The Morgan fingerprint density at radius 2 is 2.00 bits per heavy atom. The van der Waals surface area contributed by atoms with E-state index < -0.39 is 5.60 Å². The third-order valence-electron chi connectivity index (χ3n) is 6.12. The SMILES string of the molecule is C=C(CCC(CCC)c1nc2c(s1)CCN(C1CCC1)CC2)C(=O)OC(C)(C)C. The Morgan fingerprint density at radius 1 is 1.28 bits per heavy atom. The molecule has 1 aromatic heterocycles. The van der Waals surface area contributed by atoms with Gasteiger partial charge in [-0.3, -0.25) is 4.90 Å². The van der Waals surface area contributed by atoms with Crippen molar-refractivity contribution in [3.63, 3.8) is 0 Å². The zero-order chi connectivity index (χ0) is 21.0. The summed E-state index contributed by atoms with van der Waals surface area (Å²) in [5.41, 5.74) is 1.44. The summed E-state index contributed by atoms with van der Waals surface area (Å²) in [7, 11) is 0. The molecule has 1 unspecified atom stereocenters. The highest BCUT2D eigenvalue weighted by atomic mass is 32.1. The molecule has 2 heterocycles. The van der Waals surface area contributed by atoms with E-state index in [1.165, 1.54) is 41.4 Å². The van der Waals surface area contributed by atoms with Crippen molar-refractivity contribution in [3.05, 3.63) is 27.7 Å². The Hall–Kier alpha value is -1.20. The highest BCUT2D eigenvalue weighted by Gasteiger charge is 2.28. The summed E-state index contributed by atoms with van der Waals surface area (Å²) in [5.74, 6) is 0.151. The second kappa shape index (κ2) is 9.74. The summed E-state index contributed by atoms with van der Waals surface area (Å²) in [6.45, 7) is 14.2. The van der Waals surface area contributed by atoms with Crippen molar-refractivity contribution in [2.45, 2.75) is 103 Å². The van der Waals surface area contributed by atoms with Crippen LogP contribution < -0.4 is 0 Å². The number of carbonyl (C=O) groups is 1. The molecule has 1 aromatic rings. The number of thiazole rings is 1. The molecular weight excluding hydrogens is 380 g/mol. The van der Waals surface area contributed by atoms with E-state index in [4.69, 9.17) is 9.72 Å². The van der Waals surface area contributed by atoms with Crippen LogP contribution in [0.4, 0.5) is 0 Å². The van der Waals surface area contributed by atoms with E-state index in [9.17, 15) is 4.79 Å². The van der Waals surface area contributed by atoms with Gasteiger partial charge in [0.2, 0.25) is 0 Å². The molecule has 1 aliphatic heterocycles. The molecule has 0 spiro atoms. The number of hydrogen-bond donors (Lipinski definition) is 0. The Morgan fingerprint density at radius 3 is 2.62 bits per heavy atom. The first-order valence-electron chi connectivity index (χ1n) is 11.4. The smallest absolute Gasteiger partial charge is 0.333 e. The zero-order valence-electron chi connectivity index (χ0n) is 18.8. The van der Waals surface area contributed by atoms with Crippen LogP contribution in [-0.4, -0.2) is 40.6 Å². The van der Waals surface area contributed by atoms with Crippen LogP contribution in [0.3, 0.4) is 0 Å². The third kappa shape index (κ3) is 6.14. The molecule has 1 aliphatic carbocycles. The fourth-order valence-electron chi connectivity index (χ4n) is 4.23. The lowest BCUT2D eigenvalue weighted by molar-refractivity contribution is -0.150.